The molecule has 2 bridgehead atoms. The molecule has 4 amide bonds. The summed E-state index contributed by atoms with van der Waals surface area (Å²) >= 11 is 0. The Morgan fingerprint density at radius 1 is 0.794 bits per heavy atom. The maximum atomic E-state index is 13.4. The Bertz CT molecular complexity index is 2300. The van der Waals surface area contributed by atoms with Crippen LogP contribution in [0.1, 0.15) is 70.4 Å². The quantitative estimate of drug-likeness (QED) is 0.175. The second-order valence-electron chi connectivity index (χ2n) is 18.0. The van der Waals surface area contributed by atoms with Gasteiger partial charge in [-0.3, -0.25) is 34.3 Å². The Morgan fingerprint density at radius 2 is 1.51 bits per heavy atom. The number of carbonyl (C=O) groups is 4. The van der Waals surface area contributed by atoms with E-state index in [0.717, 1.165) is 119 Å². The first-order valence-corrected chi connectivity index (χ1v) is 22.6. The largest absolute Gasteiger partial charge is 0.493 e. The first kappa shape index (κ1) is 42.3. The molecule has 3 unspecified atom stereocenters. The van der Waals surface area contributed by atoms with Gasteiger partial charge in [0, 0.05) is 118 Å². The van der Waals surface area contributed by atoms with Crippen molar-refractivity contribution in [2.45, 2.75) is 63.6 Å². The number of piperidine rings is 2. The second-order valence-corrected chi connectivity index (χ2v) is 18.0. The lowest BCUT2D eigenvalue weighted by Crippen LogP contribution is -2.54. The van der Waals surface area contributed by atoms with E-state index in [1.165, 1.54) is 5.69 Å². The van der Waals surface area contributed by atoms with E-state index in [-0.39, 0.29) is 24.6 Å². The Hall–Kier alpha value is -6.06. The van der Waals surface area contributed by atoms with Crippen molar-refractivity contribution >= 4 is 40.7 Å². The fraction of sp³-hybridized carbons (Fsp3) is 0.458. The van der Waals surface area contributed by atoms with Crippen LogP contribution in [0.15, 0.2) is 84.3 Å². The number of allylic oxidation sites excluding steroid dienone is 1. The van der Waals surface area contributed by atoms with Crippen molar-refractivity contribution in [2.75, 3.05) is 81.9 Å². The molecule has 63 heavy (non-hydrogen) atoms. The molecule has 0 aliphatic carbocycles. The van der Waals surface area contributed by atoms with Crippen LogP contribution in [0.3, 0.4) is 0 Å². The molecule has 0 aromatic heterocycles. The standard InChI is InChI=1S/C48H60N10O5/c1-31-5-2-3-8-38(31)41(49)27-43(45(50)51)56-29-35-9-10-36(30-56)57(35)34-6-4-7-37(25-34)63-24-23-53-19-21-54(22-20-53)28-32-15-17-55(18-16-32)33-11-12-39-40(26-33)48(62)58(47(39)61)42-13-14-44(59)52-46(42)60/h2-8,11-12,25-27,32,35-36,42H,9-10,13-24,28-30H2,1H3,(H7,49,50,51,52,59,60,61,62)/p-1. The van der Waals surface area contributed by atoms with E-state index in [2.05, 4.69) is 48.0 Å². The molecule has 6 N–H and O–H groups in total. The van der Waals surface area contributed by atoms with Gasteiger partial charge >= 0.3 is 0 Å². The van der Waals surface area contributed by atoms with Gasteiger partial charge in [-0.1, -0.05) is 30.3 Å². The number of benzene rings is 3. The van der Waals surface area contributed by atoms with Crippen molar-refractivity contribution in [1.82, 2.24) is 24.9 Å². The van der Waals surface area contributed by atoms with E-state index in [1.807, 2.05) is 49.4 Å². The molecule has 3 aromatic rings. The minimum Gasteiger partial charge on any atom is -0.493 e. The second kappa shape index (κ2) is 18.0. The Balaban J connectivity index is 0.708. The highest BCUT2D eigenvalue weighted by atomic mass is 16.5. The van der Waals surface area contributed by atoms with Crippen molar-refractivity contribution in [1.29, 1.82) is 0 Å². The number of rotatable bonds is 12. The van der Waals surface area contributed by atoms with Crippen molar-refractivity contribution in [3.63, 3.8) is 0 Å². The molecule has 3 atom stereocenters. The monoisotopic (exact) mass is 855 g/mol. The molecule has 15 nitrogen and oxygen atoms in total. The predicted octanol–water partition coefficient (Wildman–Crippen LogP) is 4.14. The molecule has 15 heteroatoms. The number of imide groups is 2. The van der Waals surface area contributed by atoms with Gasteiger partial charge in [0.1, 0.15) is 18.4 Å². The van der Waals surface area contributed by atoms with Crippen LogP contribution in [0.5, 0.6) is 5.75 Å². The van der Waals surface area contributed by atoms with Gasteiger partial charge in [-0.05, 0) is 92.7 Å². The van der Waals surface area contributed by atoms with Crippen molar-refractivity contribution in [3.05, 3.63) is 112 Å². The molecule has 6 aliphatic rings. The average molecular weight is 856 g/mol. The van der Waals surface area contributed by atoms with E-state index in [0.29, 0.717) is 47.1 Å². The summed E-state index contributed by atoms with van der Waals surface area (Å²) < 4.78 is 6.36. The molecule has 0 radical (unpaired) electrons. The first-order chi connectivity index (χ1) is 30.5. The third kappa shape index (κ3) is 8.81. The summed E-state index contributed by atoms with van der Waals surface area (Å²) in [4.78, 5) is 63.8. The lowest BCUT2D eigenvalue weighted by molar-refractivity contribution is -0.136. The molecule has 5 saturated heterocycles. The van der Waals surface area contributed by atoms with E-state index in [4.69, 9.17) is 21.9 Å². The average Bonchev–Trinajstić information content (AvgIpc) is 3.69. The minimum absolute atomic E-state index is 0.0345. The highest BCUT2D eigenvalue weighted by Crippen LogP contribution is 2.38. The van der Waals surface area contributed by atoms with Crippen LogP contribution in [0.25, 0.3) is 11.4 Å². The highest BCUT2D eigenvalue weighted by molar-refractivity contribution is 6.23. The minimum atomic E-state index is -0.962. The number of fused-ring (bicyclic) bond motifs is 3. The van der Waals surface area contributed by atoms with E-state index in [1.54, 1.807) is 12.1 Å². The number of ether oxygens (including phenoxy) is 1. The molecule has 0 spiro atoms. The summed E-state index contributed by atoms with van der Waals surface area (Å²) in [7, 11) is 0. The number of nitrogens with one attached hydrogen (secondary N) is 2. The smallest absolute Gasteiger partial charge is 0.262 e. The summed E-state index contributed by atoms with van der Waals surface area (Å²) in [6.45, 7) is 12.0. The third-order valence-corrected chi connectivity index (χ3v) is 14.0. The number of anilines is 2. The van der Waals surface area contributed by atoms with E-state index < -0.39 is 23.8 Å². The number of hydrogen-bond donors (Lipinski definition) is 3. The van der Waals surface area contributed by atoms with Gasteiger partial charge in [0.2, 0.25) is 11.8 Å². The molecular weight excluding hydrogens is 797 g/mol. The third-order valence-electron chi connectivity index (χ3n) is 14.0. The van der Waals surface area contributed by atoms with E-state index in [9.17, 15) is 19.2 Å². The number of amides is 4. The molecule has 5 fully saturated rings. The zero-order valence-corrected chi connectivity index (χ0v) is 36.1. The normalized spacial score (nSPS) is 24.2. The number of carbonyl (C=O) groups excluding carboxylic acids is 4. The topological polar surface area (TPSA) is 185 Å². The van der Waals surface area contributed by atoms with Gasteiger partial charge in [-0.2, -0.15) is 0 Å². The van der Waals surface area contributed by atoms with Crippen LogP contribution < -0.4 is 31.3 Å². The summed E-state index contributed by atoms with van der Waals surface area (Å²) in [6, 6.07) is 21.6. The lowest BCUT2D eigenvalue weighted by Gasteiger charge is -2.44. The van der Waals surface area contributed by atoms with Gasteiger partial charge in [-0.15, -0.1) is 0 Å². The molecular formula is C48H59N10O5-. The van der Waals surface area contributed by atoms with Crippen molar-refractivity contribution in [3.8, 4) is 5.75 Å². The maximum Gasteiger partial charge on any atom is 0.262 e. The number of nitrogens with two attached hydrogens (primary N) is 2. The lowest BCUT2D eigenvalue weighted by atomic mass is 9.95. The van der Waals surface area contributed by atoms with E-state index >= 15 is 0 Å². The molecule has 3 aromatic carbocycles. The zero-order chi connectivity index (χ0) is 43.8. The fourth-order valence-electron chi connectivity index (χ4n) is 10.6. The molecule has 0 saturated carbocycles. The first-order valence-electron chi connectivity index (χ1n) is 22.6. The summed E-state index contributed by atoms with van der Waals surface area (Å²) in [5, 5.41) is 2.26. The van der Waals surface area contributed by atoms with Gasteiger partial charge in [0.05, 0.1) is 11.1 Å². The highest BCUT2D eigenvalue weighted by Gasteiger charge is 2.45. The van der Waals surface area contributed by atoms with Crippen molar-refractivity contribution < 1.29 is 23.9 Å². The fourth-order valence-corrected chi connectivity index (χ4v) is 10.6. The summed E-state index contributed by atoms with van der Waals surface area (Å²) in [6.07, 6.45) is 6.38. The van der Waals surface area contributed by atoms with Crippen LogP contribution in [0.2, 0.25) is 0 Å². The number of hydrogen-bond acceptors (Lipinski definition) is 12. The number of piperazine rings is 2. The molecule has 9 rings (SSSR count). The predicted molar refractivity (Wildman–Crippen MR) is 243 cm³/mol. The van der Waals surface area contributed by atoms with Crippen LogP contribution in [-0.4, -0.2) is 133 Å². The van der Waals surface area contributed by atoms with Crippen molar-refractivity contribution in [2.24, 2.45) is 17.4 Å². The Kier molecular flexibility index (Phi) is 12.1. The molecule has 6 aliphatic heterocycles. The van der Waals surface area contributed by atoms with Gasteiger partial charge in [0.15, 0.2) is 0 Å². The number of aryl methyl sites for hydroxylation is 1. The Labute approximate surface area is 369 Å². The van der Waals surface area contributed by atoms with Crippen LogP contribution in [0, 0.1) is 12.8 Å². The van der Waals surface area contributed by atoms with Crippen LogP contribution in [0.4, 0.5) is 11.4 Å². The van der Waals surface area contributed by atoms with Crippen LogP contribution in [-0.2, 0) is 9.59 Å². The molecule has 6 heterocycles. The number of nitrogens with zero attached hydrogens (tertiary/aromatic N) is 6. The van der Waals surface area contributed by atoms with Gasteiger partial charge < -0.3 is 41.5 Å². The maximum absolute atomic E-state index is 13.4. The SMILES string of the molecule is Cc1ccccc1/C(N)=C/C(=C(/[NH-])N)N1CC2CCC(C1)N2c1cccc(OCCN2CCN(CC3CCN(c4ccc5c(c4)C(=O)N(C4CCC(=O)NC4=O)C5=O)CC3)CC2)c1. The number of likely N-dealkylation sites (tertiary alicyclic amines) is 1. The van der Waals surface area contributed by atoms with Gasteiger partial charge in [-0.25, -0.2) is 0 Å². The zero-order valence-electron chi connectivity index (χ0n) is 36.1. The molecule has 332 valence electrons. The Morgan fingerprint density at radius 3 is 2.22 bits per heavy atom. The van der Waals surface area contributed by atoms with Crippen LogP contribution >= 0.6 is 0 Å². The van der Waals surface area contributed by atoms with Gasteiger partial charge in [0.25, 0.3) is 11.8 Å². The summed E-state index contributed by atoms with van der Waals surface area (Å²) in [5.74, 6) is -0.407. The summed E-state index contributed by atoms with van der Waals surface area (Å²) in [5.41, 5.74) is 27.2.